The Labute approximate surface area is 161 Å². The van der Waals surface area contributed by atoms with Crippen molar-refractivity contribution in [1.82, 2.24) is 4.90 Å². The number of likely N-dealkylation sites (tertiary alicyclic amines) is 1. The fraction of sp³-hybridized carbons (Fsp3) is 0.524. The van der Waals surface area contributed by atoms with Gasteiger partial charge in [-0.3, -0.25) is 4.79 Å². The topological polar surface area (TPSA) is 59.8 Å². The molecule has 0 saturated carbocycles. The lowest BCUT2D eigenvalue weighted by atomic mass is 9.91. The minimum Gasteiger partial charge on any atom is -0.481 e. The van der Waals surface area contributed by atoms with Crippen LogP contribution in [0.4, 0.5) is 8.78 Å². The molecule has 2 aliphatic rings. The largest absolute Gasteiger partial charge is 0.481 e. The molecule has 1 aliphatic heterocycles. The number of carbonyl (C=O) groups is 1. The lowest BCUT2D eigenvalue weighted by molar-refractivity contribution is -0.148. The van der Waals surface area contributed by atoms with Crippen molar-refractivity contribution in [1.29, 1.82) is 0 Å². The van der Waals surface area contributed by atoms with Crippen molar-refractivity contribution < 1.29 is 22.7 Å². The first-order valence-corrected chi connectivity index (χ1v) is 9.76. The number of hydrogen-bond acceptors (Lipinski definition) is 4. The summed E-state index contributed by atoms with van der Waals surface area (Å²) >= 11 is 0. The van der Waals surface area contributed by atoms with Gasteiger partial charge in [0.1, 0.15) is 11.3 Å². The van der Waals surface area contributed by atoms with Crippen LogP contribution in [0.3, 0.4) is 0 Å². The first kappa shape index (κ1) is 18.9. The van der Waals surface area contributed by atoms with Crippen LogP contribution in [0.15, 0.2) is 27.4 Å². The van der Waals surface area contributed by atoms with Gasteiger partial charge in [0.25, 0.3) is 11.8 Å². The van der Waals surface area contributed by atoms with E-state index in [1.165, 1.54) is 0 Å². The van der Waals surface area contributed by atoms with Crippen molar-refractivity contribution >= 4 is 16.9 Å². The maximum absolute atomic E-state index is 13.6. The Morgan fingerprint density at radius 1 is 1.21 bits per heavy atom. The van der Waals surface area contributed by atoms with Crippen LogP contribution in [0.2, 0.25) is 0 Å². The van der Waals surface area contributed by atoms with E-state index in [2.05, 4.69) is 0 Å². The number of nitrogens with zero attached hydrogens (tertiary/aromatic N) is 1. The first-order chi connectivity index (χ1) is 13.3. The Morgan fingerprint density at radius 3 is 2.71 bits per heavy atom. The van der Waals surface area contributed by atoms with Crippen molar-refractivity contribution in [3.05, 3.63) is 39.7 Å². The summed E-state index contributed by atoms with van der Waals surface area (Å²) in [6.45, 7) is 1.28. The maximum atomic E-state index is 13.6. The normalized spacial score (nSPS) is 19.9. The number of hydrogen-bond donors (Lipinski definition) is 0. The molecule has 2 aromatic rings. The van der Waals surface area contributed by atoms with E-state index in [1.54, 1.807) is 19.1 Å². The summed E-state index contributed by atoms with van der Waals surface area (Å²) in [5, 5.41) is 0.885. The minimum atomic E-state index is -2.85. The van der Waals surface area contributed by atoms with Gasteiger partial charge in [0.2, 0.25) is 0 Å². The number of piperidine rings is 1. The van der Waals surface area contributed by atoms with Crippen LogP contribution in [0.25, 0.3) is 11.0 Å². The Hall–Kier alpha value is -2.44. The lowest BCUT2D eigenvalue weighted by Crippen LogP contribution is -2.49. The monoisotopic (exact) mass is 391 g/mol. The molecule has 1 aliphatic carbocycles. The van der Waals surface area contributed by atoms with Crippen LogP contribution >= 0.6 is 0 Å². The molecule has 0 spiro atoms. The predicted octanol–water partition coefficient (Wildman–Crippen LogP) is 3.70. The van der Waals surface area contributed by atoms with E-state index in [0.29, 0.717) is 17.9 Å². The van der Waals surface area contributed by atoms with Crippen LogP contribution < -0.4 is 10.4 Å². The highest BCUT2D eigenvalue weighted by Crippen LogP contribution is 2.30. The van der Waals surface area contributed by atoms with E-state index < -0.39 is 24.5 Å². The van der Waals surface area contributed by atoms with Crippen molar-refractivity contribution in [3.8, 4) is 5.75 Å². The molecular weight excluding hydrogens is 368 g/mol. The van der Waals surface area contributed by atoms with Gasteiger partial charge in [0, 0.05) is 30.0 Å². The molecule has 1 atom stereocenters. The second kappa shape index (κ2) is 7.18. The standard InChI is InChI=1S/C21H23F2NO4/c1-13(19(25)24-10-4-9-21(22,23)12-24)27-14-7-8-16-15-5-2-3-6-17(15)20(26)28-18(16)11-14/h7-8,11,13H,2-6,9-10,12H2,1H3. The van der Waals surface area contributed by atoms with Crippen LogP contribution in [0.1, 0.15) is 43.7 Å². The fourth-order valence-corrected chi connectivity index (χ4v) is 4.16. The Bertz CT molecular complexity index is 969. The van der Waals surface area contributed by atoms with Gasteiger partial charge in [-0.05, 0) is 56.7 Å². The predicted molar refractivity (Wildman–Crippen MR) is 100.0 cm³/mol. The third kappa shape index (κ3) is 3.62. The van der Waals surface area contributed by atoms with Crippen molar-refractivity contribution in [2.24, 2.45) is 0 Å². The highest BCUT2D eigenvalue weighted by molar-refractivity contribution is 5.84. The fourth-order valence-electron chi connectivity index (χ4n) is 4.16. The summed E-state index contributed by atoms with van der Waals surface area (Å²) in [6.07, 6.45) is 2.77. The average Bonchev–Trinajstić information content (AvgIpc) is 2.66. The molecule has 28 heavy (non-hydrogen) atoms. The molecule has 0 N–H and O–H groups in total. The van der Waals surface area contributed by atoms with E-state index in [9.17, 15) is 18.4 Å². The number of alkyl halides is 2. The van der Waals surface area contributed by atoms with Gasteiger partial charge in [-0.25, -0.2) is 13.6 Å². The molecule has 7 heteroatoms. The molecule has 150 valence electrons. The number of aryl methyl sites for hydroxylation is 1. The molecular formula is C21H23F2NO4. The molecule has 1 amide bonds. The molecule has 2 heterocycles. The quantitative estimate of drug-likeness (QED) is 0.749. The Kier molecular flexibility index (Phi) is 4.85. The molecule has 1 fully saturated rings. The van der Waals surface area contributed by atoms with Gasteiger partial charge >= 0.3 is 5.63 Å². The summed E-state index contributed by atoms with van der Waals surface area (Å²) in [5.41, 5.74) is 1.89. The van der Waals surface area contributed by atoms with Gasteiger partial charge < -0.3 is 14.1 Å². The molecule has 1 aromatic carbocycles. The van der Waals surface area contributed by atoms with Crippen LogP contribution in [0, 0.1) is 0 Å². The number of amides is 1. The summed E-state index contributed by atoms with van der Waals surface area (Å²) in [4.78, 5) is 25.9. The number of carbonyl (C=O) groups excluding carboxylic acids is 1. The maximum Gasteiger partial charge on any atom is 0.339 e. The van der Waals surface area contributed by atoms with E-state index in [-0.39, 0.29) is 18.5 Å². The smallest absolute Gasteiger partial charge is 0.339 e. The average molecular weight is 391 g/mol. The number of fused-ring (bicyclic) bond motifs is 3. The lowest BCUT2D eigenvalue weighted by Gasteiger charge is -2.33. The van der Waals surface area contributed by atoms with Crippen molar-refractivity contribution in [2.45, 2.75) is 57.5 Å². The van der Waals surface area contributed by atoms with Gasteiger partial charge in [0.15, 0.2) is 6.10 Å². The van der Waals surface area contributed by atoms with Crippen LogP contribution in [-0.4, -0.2) is 35.9 Å². The first-order valence-electron chi connectivity index (χ1n) is 9.76. The zero-order valence-electron chi connectivity index (χ0n) is 15.8. The third-order valence-corrected chi connectivity index (χ3v) is 5.56. The van der Waals surface area contributed by atoms with Gasteiger partial charge in [0.05, 0.1) is 6.54 Å². The summed E-state index contributed by atoms with van der Waals surface area (Å²) in [5.74, 6) is -2.94. The van der Waals surface area contributed by atoms with Gasteiger partial charge in [-0.1, -0.05) is 0 Å². The Balaban J connectivity index is 1.55. The summed E-state index contributed by atoms with van der Waals surface area (Å²) in [6, 6.07) is 5.16. The van der Waals surface area contributed by atoms with E-state index in [4.69, 9.17) is 9.15 Å². The minimum absolute atomic E-state index is 0.194. The number of rotatable bonds is 3. The van der Waals surface area contributed by atoms with Crippen LogP contribution in [0.5, 0.6) is 5.75 Å². The molecule has 0 bridgehead atoms. The number of ether oxygens (including phenoxy) is 1. The second-order valence-corrected chi connectivity index (χ2v) is 7.69. The molecule has 1 unspecified atom stereocenters. The van der Waals surface area contributed by atoms with Crippen LogP contribution in [-0.2, 0) is 17.6 Å². The zero-order chi connectivity index (χ0) is 19.9. The summed E-state index contributed by atoms with van der Waals surface area (Å²) in [7, 11) is 0. The highest BCUT2D eigenvalue weighted by atomic mass is 19.3. The Morgan fingerprint density at radius 2 is 1.96 bits per heavy atom. The number of benzene rings is 1. The van der Waals surface area contributed by atoms with E-state index in [0.717, 1.165) is 47.1 Å². The molecule has 0 radical (unpaired) electrons. The van der Waals surface area contributed by atoms with E-state index in [1.807, 2.05) is 6.07 Å². The summed E-state index contributed by atoms with van der Waals surface area (Å²) < 4.78 is 38.3. The molecule has 1 saturated heterocycles. The van der Waals surface area contributed by atoms with Crippen molar-refractivity contribution in [2.75, 3.05) is 13.1 Å². The van der Waals surface area contributed by atoms with Gasteiger partial charge in [-0.15, -0.1) is 0 Å². The SMILES string of the molecule is CC(Oc1ccc2c3c(c(=O)oc2c1)CCCC3)C(=O)N1CCCC(F)(F)C1. The third-order valence-electron chi connectivity index (χ3n) is 5.56. The number of halogens is 2. The van der Waals surface area contributed by atoms with E-state index >= 15 is 0 Å². The molecule has 4 rings (SSSR count). The van der Waals surface area contributed by atoms with Gasteiger partial charge in [-0.2, -0.15) is 0 Å². The zero-order valence-corrected chi connectivity index (χ0v) is 15.8. The molecule has 5 nitrogen and oxygen atoms in total. The molecule has 1 aromatic heterocycles. The van der Waals surface area contributed by atoms with Crippen molar-refractivity contribution in [3.63, 3.8) is 0 Å². The highest BCUT2D eigenvalue weighted by Gasteiger charge is 2.38. The second-order valence-electron chi connectivity index (χ2n) is 7.69.